The molecule has 2 heteroatoms. The Morgan fingerprint density at radius 3 is 1.89 bits per heavy atom. The number of fused-ring (bicyclic) bond motifs is 5. The van der Waals surface area contributed by atoms with Crippen LogP contribution in [-0.4, -0.2) is 0 Å². The lowest BCUT2D eigenvalue weighted by Gasteiger charge is -2.29. The molecule has 0 saturated carbocycles. The number of anilines is 3. The molecule has 0 spiro atoms. The molecule has 1 aromatic heterocycles. The van der Waals surface area contributed by atoms with Crippen molar-refractivity contribution in [3.63, 3.8) is 0 Å². The van der Waals surface area contributed by atoms with Gasteiger partial charge in [-0.15, -0.1) is 0 Å². The Morgan fingerprint density at radius 2 is 1.04 bits per heavy atom. The first kappa shape index (κ1) is 30.9. The predicted octanol–water partition coefficient (Wildman–Crippen LogP) is 14.7. The van der Waals surface area contributed by atoms with Gasteiger partial charge in [-0.3, -0.25) is 0 Å². The fourth-order valence-electron chi connectivity index (χ4n) is 8.00. The molecule has 250 valence electrons. The van der Waals surface area contributed by atoms with Crippen molar-refractivity contribution >= 4 is 60.5 Å². The Hall–Kier alpha value is -6.90. The summed E-state index contributed by atoms with van der Waals surface area (Å²) in [5.41, 5.74) is 13.3. The first-order valence-electron chi connectivity index (χ1n) is 18.2. The third-order valence-corrected chi connectivity index (χ3v) is 10.6. The number of para-hydroxylation sites is 1. The average molecular weight is 678 g/mol. The molecular weight excluding hydrogens is 643 g/mol. The van der Waals surface area contributed by atoms with E-state index in [4.69, 9.17) is 4.42 Å². The second-order valence-electron chi connectivity index (χ2n) is 13.8. The zero-order chi connectivity index (χ0) is 35.3. The Bertz CT molecular complexity index is 2960. The summed E-state index contributed by atoms with van der Waals surface area (Å²) >= 11 is 0. The molecule has 10 aromatic rings. The Balaban J connectivity index is 1.26. The first-order valence-corrected chi connectivity index (χ1v) is 18.2. The van der Waals surface area contributed by atoms with Gasteiger partial charge in [0.15, 0.2) is 0 Å². The summed E-state index contributed by atoms with van der Waals surface area (Å²) < 4.78 is 6.48. The summed E-state index contributed by atoms with van der Waals surface area (Å²) in [6.45, 7) is 2.20. The number of hydrogen-bond donors (Lipinski definition) is 0. The molecular formula is C51H35NO. The summed E-state index contributed by atoms with van der Waals surface area (Å²) in [4.78, 5) is 2.39. The monoisotopic (exact) mass is 677 g/mol. The second kappa shape index (κ2) is 12.7. The smallest absolute Gasteiger partial charge is 0.137 e. The highest BCUT2D eigenvalue weighted by atomic mass is 16.3. The van der Waals surface area contributed by atoms with Gasteiger partial charge in [-0.05, 0) is 104 Å². The summed E-state index contributed by atoms with van der Waals surface area (Å²) in [7, 11) is 0. The molecule has 53 heavy (non-hydrogen) atoms. The van der Waals surface area contributed by atoms with Crippen molar-refractivity contribution in [2.75, 3.05) is 4.90 Å². The molecule has 10 rings (SSSR count). The van der Waals surface area contributed by atoms with E-state index < -0.39 is 0 Å². The first-order chi connectivity index (χ1) is 26.2. The number of rotatable bonds is 6. The van der Waals surface area contributed by atoms with Gasteiger partial charge in [0, 0.05) is 33.8 Å². The van der Waals surface area contributed by atoms with E-state index >= 15 is 0 Å². The molecule has 1 heterocycles. The molecule has 0 aliphatic carbocycles. The van der Waals surface area contributed by atoms with Gasteiger partial charge >= 0.3 is 0 Å². The van der Waals surface area contributed by atoms with Crippen LogP contribution in [0.5, 0.6) is 0 Å². The third kappa shape index (κ3) is 5.35. The van der Waals surface area contributed by atoms with Gasteiger partial charge in [0.2, 0.25) is 0 Å². The number of nitrogens with zero attached hydrogens (tertiary/aromatic N) is 1. The maximum Gasteiger partial charge on any atom is 0.137 e. The fraction of sp³-hybridized carbons (Fsp3) is 0.0196. The van der Waals surface area contributed by atoms with Crippen LogP contribution in [0, 0.1) is 6.92 Å². The van der Waals surface area contributed by atoms with E-state index in [1.807, 2.05) is 12.1 Å². The van der Waals surface area contributed by atoms with Crippen LogP contribution in [0.3, 0.4) is 0 Å². The molecule has 0 saturated heterocycles. The van der Waals surface area contributed by atoms with Crippen LogP contribution in [0.2, 0.25) is 0 Å². The van der Waals surface area contributed by atoms with Crippen molar-refractivity contribution in [3.8, 4) is 33.4 Å². The van der Waals surface area contributed by atoms with Crippen molar-refractivity contribution < 1.29 is 4.42 Å². The number of aryl methyl sites for hydroxylation is 1. The van der Waals surface area contributed by atoms with Crippen molar-refractivity contribution in [1.82, 2.24) is 0 Å². The summed E-state index contributed by atoms with van der Waals surface area (Å²) in [5.74, 6) is 0. The standard InChI is InChI=1S/C51H35NO/c1-34-22-30-44(43-17-8-7-16-42(34)43)47-19-11-20-48(51(47)39-24-23-36-14-5-6-15-38(36)32-39)52(40-27-25-37(26-28-40)35-12-3-2-4-13-35)41-29-31-46-45-18-9-10-21-49(45)53-50(46)33-41/h2-33H,1H3. The van der Waals surface area contributed by atoms with E-state index in [9.17, 15) is 0 Å². The average Bonchev–Trinajstić information content (AvgIpc) is 3.60. The van der Waals surface area contributed by atoms with Gasteiger partial charge in [-0.2, -0.15) is 0 Å². The van der Waals surface area contributed by atoms with E-state index in [0.29, 0.717) is 0 Å². The summed E-state index contributed by atoms with van der Waals surface area (Å²) in [5, 5.41) is 7.18. The Labute approximate surface area is 308 Å². The molecule has 0 amide bonds. The molecule has 0 unspecified atom stereocenters. The predicted molar refractivity (Wildman–Crippen MR) is 224 cm³/mol. The minimum Gasteiger partial charge on any atom is -0.456 e. The van der Waals surface area contributed by atoms with E-state index in [-0.39, 0.29) is 0 Å². The molecule has 0 aliphatic rings. The van der Waals surface area contributed by atoms with E-state index in [0.717, 1.165) is 44.6 Å². The van der Waals surface area contributed by atoms with E-state index in [1.165, 1.54) is 54.9 Å². The second-order valence-corrected chi connectivity index (χ2v) is 13.8. The highest BCUT2D eigenvalue weighted by Crippen LogP contribution is 2.48. The van der Waals surface area contributed by atoms with Crippen LogP contribution in [0.1, 0.15) is 5.56 Å². The number of benzene rings is 9. The SMILES string of the molecule is Cc1ccc(-c2cccc(N(c3ccc(-c4ccccc4)cc3)c3ccc4c(c3)oc3ccccc34)c2-c2ccc3ccccc3c2)c2ccccc12. The van der Waals surface area contributed by atoms with Gasteiger partial charge in [0.25, 0.3) is 0 Å². The normalized spacial score (nSPS) is 11.5. The lowest BCUT2D eigenvalue weighted by atomic mass is 9.88. The highest BCUT2D eigenvalue weighted by Gasteiger charge is 2.23. The zero-order valence-electron chi connectivity index (χ0n) is 29.3. The molecule has 2 nitrogen and oxygen atoms in total. The van der Waals surface area contributed by atoms with E-state index in [1.54, 1.807) is 0 Å². The minimum absolute atomic E-state index is 0.863. The topological polar surface area (TPSA) is 16.4 Å². The maximum atomic E-state index is 6.48. The zero-order valence-corrected chi connectivity index (χ0v) is 29.3. The Morgan fingerprint density at radius 1 is 0.377 bits per heavy atom. The number of hydrogen-bond acceptors (Lipinski definition) is 2. The molecule has 0 atom stereocenters. The lowest BCUT2D eigenvalue weighted by molar-refractivity contribution is 0.669. The van der Waals surface area contributed by atoms with Crippen LogP contribution < -0.4 is 4.90 Å². The van der Waals surface area contributed by atoms with Crippen molar-refractivity contribution in [1.29, 1.82) is 0 Å². The molecule has 0 N–H and O–H groups in total. The number of furan rings is 1. The quantitative estimate of drug-likeness (QED) is 0.174. The summed E-state index contributed by atoms with van der Waals surface area (Å²) in [6.07, 6.45) is 0. The third-order valence-electron chi connectivity index (χ3n) is 10.6. The van der Waals surface area contributed by atoms with Gasteiger partial charge in [0.05, 0.1) is 5.69 Å². The Kier molecular flexibility index (Phi) is 7.40. The fourth-order valence-corrected chi connectivity index (χ4v) is 8.00. The van der Waals surface area contributed by atoms with E-state index in [2.05, 4.69) is 194 Å². The van der Waals surface area contributed by atoms with Gasteiger partial charge in [-0.25, -0.2) is 0 Å². The largest absolute Gasteiger partial charge is 0.456 e. The lowest BCUT2D eigenvalue weighted by Crippen LogP contribution is -2.12. The molecule has 0 radical (unpaired) electrons. The van der Waals surface area contributed by atoms with Crippen LogP contribution in [0.25, 0.3) is 76.9 Å². The summed E-state index contributed by atoms with van der Waals surface area (Å²) in [6, 6.07) is 69.9. The van der Waals surface area contributed by atoms with Crippen LogP contribution in [-0.2, 0) is 0 Å². The van der Waals surface area contributed by atoms with Crippen LogP contribution >= 0.6 is 0 Å². The van der Waals surface area contributed by atoms with Gasteiger partial charge in [-0.1, -0.05) is 146 Å². The highest BCUT2D eigenvalue weighted by molar-refractivity contribution is 6.08. The van der Waals surface area contributed by atoms with Crippen molar-refractivity contribution in [2.24, 2.45) is 0 Å². The molecule has 0 aliphatic heterocycles. The molecule has 0 bridgehead atoms. The molecule has 0 fully saturated rings. The van der Waals surface area contributed by atoms with Crippen molar-refractivity contribution in [2.45, 2.75) is 6.92 Å². The van der Waals surface area contributed by atoms with Crippen LogP contribution in [0.4, 0.5) is 17.1 Å². The van der Waals surface area contributed by atoms with Crippen molar-refractivity contribution in [3.05, 3.63) is 200 Å². The minimum atomic E-state index is 0.863. The van der Waals surface area contributed by atoms with Crippen LogP contribution in [0.15, 0.2) is 199 Å². The maximum absolute atomic E-state index is 6.48. The van der Waals surface area contributed by atoms with Gasteiger partial charge in [0.1, 0.15) is 11.2 Å². The van der Waals surface area contributed by atoms with Gasteiger partial charge < -0.3 is 9.32 Å². The molecule has 9 aromatic carbocycles.